The lowest BCUT2D eigenvalue weighted by molar-refractivity contribution is 0.0592. The number of ether oxygens (including phenoxy) is 1. The number of phenols is 2. The van der Waals surface area contributed by atoms with Gasteiger partial charge in [-0.25, -0.2) is 15.0 Å². The second kappa shape index (κ2) is 6.41. The van der Waals surface area contributed by atoms with Crippen LogP contribution in [0.1, 0.15) is 19.1 Å². The number of rotatable bonds is 4. The highest BCUT2D eigenvalue weighted by Crippen LogP contribution is 2.34. The monoisotopic (exact) mass is 359 g/mol. The van der Waals surface area contributed by atoms with Crippen LogP contribution in [0, 0.1) is 0 Å². The molecule has 130 valence electrons. The molecular weight excluding hydrogens is 342 g/mol. The van der Waals surface area contributed by atoms with Gasteiger partial charge in [0, 0.05) is 12.7 Å². The van der Waals surface area contributed by atoms with Crippen LogP contribution < -0.4 is 5.32 Å². The molecule has 0 bridgehead atoms. The topological polar surface area (TPSA) is 105 Å². The van der Waals surface area contributed by atoms with E-state index >= 15 is 0 Å². The number of imidazole rings is 1. The first-order chi connectivity index (χ1) is 12.2. The minimum absolute atomic E-state index is 0.00817. The minimum atomic E-state index is -0.0726. The number of nitrogens with one attached hydrogen (secondary N) is 1. The van der Waals surface area contributed by atoms with Gasteiger partial charge in [0.25, 0.3) is 0 Å². The van der Waals surface area contributed by atoms with Gasteiger partial charge < -0.3 is 20.3 Å². The average Bonchev–Trinajstić information content (AvgIpc) is 3.27. The fraction of sp³-hybridized carbons (Fsp3) is 0.312. The lowest BCUT2D eigenvalue weighted by Gasteiger charge is -2.13. The van der Waals surface area contributed by atoms with Gasteiger partial charge in [0.05, 0.1) is 12.0 Å². The molecule has 2 aromatic heterocycles. The van der Waals surface area contributed by atoms with E-state index in [1.165, 1.54) is 30.0 Å². The molecule has 25 heavy (non-hydrogen) atoms. The molecular formula is C16H17N5O3S. The summed E-state index contributed by atoms with van der Waals surface area (Å²) in [6.45, 7) is 0.729. The minimum Gasteiger partial charge on any atom is -0.508 e. The molecule has 0 spiro atoms. The van der Waals surface area contributed by atoms with Crippen molar-refractivity contribution in [2.45, 2.75) is 24.2 Å². The van der Waals surface area contributed by atoms with Crippen molar-refractivity contribution in [2.75, 3.05) is 18.2 Å². The van der Waals surface area contributed by atoms with Crippen LogP contribution in [0.25, 0.3) is 11.2 Å². The zero-order valence-corrected chi connectivity index (χ0v) is 14.3. The molecule has 0 radical (unpaired) electrons. The molecule has 8 nitrogen and oxygen atoms in total. The van der Waals surface area contributed by atoms with Gasteiger partial charge in [-0.1, -0.05) is 11.8 Å². The summed E-state index contributed by atoms with van der Waals surface area (Å²) in [5, 5.41) is 23.3. The third kappa shape index (κ3) is 2.96. The summed E-state index contributed by atoms with van der Waals surface area (Å²) in [5.74, 6) is 0.515. The van der Waals surface area contributed by atoms with Gasteiger partial charge in [-0.3, -0.25) is 4.57 Å². The lowest BCUT2D eigenvalue weighted by Crippen LogP contribution is -2.07. The van der Waals surface area contributed by atoms with Crippen LogP contribution in [0.15, 0.2) is 29.7 Å². The first-order valence-corrected chi connectivity index (χ1v) is 9.07. The highest BCUT2D eigenvalue weighted by Gasteiger charge is 2.22. The normalized spacial score (nSPS) is 17.2. The summed E-state index contributed by atoms with van der Waals surface area (Å²) in [5.41, 5.74) is 1.60. The number of aromatic hydroxyl groups is 2. The summed E-state index contributed by atoms with van der Waals surface area (Å²) in [4.78, 5) is 13.4. The number of hydrogen-bond acceptors (Lipinski definition) is 8. The van der Waals surface area contributed by atoms with E-state index in [9.17, 15) is 10.2 Å². The number of anilines is 2. The molecule has 9 heteroatoms. The summed E-state index contributed by atoms with van der Waals surface area (Å²) in [6.07, 6.45) is 5.45. The Hall–Kier alpha value is -2.52. The van der Waals surface area contributed by atoms with E-state index in [-0.39, 0.29) is 17.7 Å². The van der Waals surface area contributed by atoms with Gasteiger partial charge in [-0.2, -0.15) is 0 Å². The van der Waals surface area contributed by atoms with Crippen molar-refractivity contribution in [3.63, 3.8) is 0 Å². The molecule has 0 amide bonds. The molecule has 3 N–H and O–H groups in total. The number of nitrogens with zero attached hydrogens (tertiary/aromatic N) is 4. The van der Waals surface area contributed by atoms with Crippen LogP contribution in [0.5, 0.6) is 11.5 Å². The fourth-order valence-electron chi connectivity index (χ4n) is 2.82. The maximum atomic E-state index is 10.0. The Labute approximate surface area is 147 Å². The van der Waals surface area contributed by atoms with E-state index in [0.717, 1.165) is 19.4 Å². The molecule has 0 aliphatic carbocycles. The van der Waals surface area contributed by atoms with E-state index in [1.807, 2.05) is 10.8 Å². The molecule has 1 unspecified atom stereocenters. The van der Waals surface area contributed by atoms with E-state index in [2.05, 4.69) is 20.3 Å². The maximum absolute atomic E-state index is 10.0. The highest BCUT2D eigenvalue weighted by molar-refractivity contribution is 7.98. The summed E-state index contributed by atoms with van der Waals surface area (Å²) in [6, 6.07) is 4.26. The molecule has 1 atom stereocenters. The average molecular weight is 359 g/mol. The smallest absolute Gasteiger partial charge is 0.191 e. The molecule has 3 heterocycles. The molecule has 1 aromatic carbocycles. The first-order valence-electron chi connectivity index (χ1n) is 7.85. The zero-order chi connectivity index (χ0) is 17.4. The van der Waals surface area contributed by atoms with Gasteiger partial charge in [0.2, 0.25) is 0 Å². The Kier molecular flexibility index (Phi) is 4.10. The van der Waals surface area contributed by atoms with Crippen LogP contribution in [0.2, 0.25) is 0 Å². The molecule has 1 aliphatic heterocycles. The van der Waals surface area contributed by atoms with Crippen LogP contribution in [0.4, 0.5) is 11.5 Å². The van der Waals surface area contributed by atoms with E-state index in [1.54, 1.807) is 6.33 Å². The van der Waals surface area contributed by atoms with Crippen LogP contribution >= 0.6 is 11.8 Å². The Morgan fingerprint density at radius 2 is 2.20 bits per heavy atom. The molecule has 1 fully saturated rings. The molecule has 1 aliphatic rings. The van der Waals surface area contributed by atoms with Crippen LogP contribution in [-0.4, -0.2) is 42.6 Å². The van der Waals surface area contributed by atoms with Crippen molar-refractivity contribution in [3.8, 4) is 11.5 Å². The van der Waals surface area contributed by atoms with Gasteiger partial charge in [0.15, 0.2) is 22.1 Å². The third-order valence-corrected chi connectivity index (χ3v) is 4.58. The Morgan fingerprint density at radius 1 is 1.32 bits per heavy atom. The van der Waals surface area contributed by atoms with Crippen LogP contribution in [-0.2, 0) is 4.74 Å². The first kappa shape index (κ1) is 16.0. The lowest BCUT2D eigenvalue weighted by atomic mass is 10.2. The van der Waals surface area contributed by atoms with Crippen molar-refractivity contribution in [3.05, 3.63) is 24.5 Å². The standard InChI is InChI=1S/C16H17N5O3S/c1-25-16-19-14(18-10-7-9(22)4-5-11(10)23)13-15(20-16)21(8-17-13)12-3-2-6-24-12/h4-5,7-8,12,22-23H,2-3,6H2,1H3,(H,18,19,20). The number of fused-ring (bicyclic) bond motifs is 1. The van der Waals surface area contributed by atoms with Crippen molar-refractivity contribution < 1.29 is 14.9 Å². The van der Waals surface area contributed by atoms with Gasteiger partial charge in [-0.15, -0.1) is 0 Å². The van der Waals surface area contributed by atoms with E-state index in [4.69, 9.17) is 4.74 Å². The van der Waals surface area contributed by atoms with Crippen molar-refractivity contribution >= 4 is 34.4 Å². The maximum Gasteiger partial charge on any atom is 0.191 e. The number of aromatic nitrogens is 4. The number of phenolic OH excluding ortho intramolecular Hbond substituents is 2. The number of benzene rings is 1. The quantitative estimate of drug-likeness (QED) is 0.283. The summed E-state index contributed by atoms with van der Waals surface area (Å²) in [7, 11) is 0. The molecule has 1 saturated heterocycles. The Balaban J connectivity index is 1.81. The second-order valence-electron chi connectivity index (χ2n) is 5.68. The third-order valence-electron chi connectivity index (χ3n) is 4.03. The number of hydrogen-bond donors (Lipinski definition) is 3. The Bertz CT molecular complexity index is 924. The molecule has 4 rings (SSSR count). The van der Waals surface area contributed by atoms with E-state index in [0.29, 0.717) is 27.8 Å². The zero-order valence-electron chi connectivity index (χ0n) is 13.5. The van der Waals surface area contributed by atoms with Crippen molar-refractivity contribution in [2.24, 2.45) is 0 Å². The SMILES string of the molecule is CSc1nc(Nc2cc(O)ccc2O)c2ncn(C3CCCO3)c2n1. The predicted molar refractivity (Wildman–Crippen MR) is 94.4 cm³/mol. The fourth-order valence-corrected chi connectivity index (χ4v) is 3.18. The number of thioether (sulfide) groups is 1. The summed E-state index contributed by atoms with van der Waals surface area (Å²) >= 11 is 1.41. The summed E-state index contributed by atoms with van der Waals surface area (Å²) < 4.78 is 7.65. The van der Waals surface area contributed by atoms with Gasteiger partial charge in [-0.05, 0) is 31.2 Å². The van der Waals surface area contributed by atoms with Crippen LogP contribution in [0.3, 0.4) is 0 Å². The Morgan fingerprint density at radius 3 is 2.96 bits per heavy atom. The van der Waals surface area contributed by atoms with Crippen molar-refractivity contribution in [1.29, 1.82) is 0 Å². The van der Waals surface area contributed by atoms with E-state index < -0.39 is 0 Å². The molecule has 0 saturated carbocycles. The van der Waals surface area contributed by atoms with Crippen molar-refractivity contribution in [1.82, 2.24) is 19.5 Å². The largest absolute Gasteiger partial charge is 0.508 e. The predicted octanol–water partition coefficient (Wildman–Crippen LogP) is 3.01. The van der Waals surface area contributed by atoms with Gasteiger partial charge >= 0.3 is 0 Å². The van der Waals surface area contributed by atoms with Gasteiger partial charge in [0.1, 0.15) is 17.7 Å². The highest BCUT2D eigenvalue weighted by atomic mass is 32.2. The second-order valence-corrected chi connectivity index (χ2v) is 6.45. The molecule has 3 aromatic rings.